The Morgan fingerprint density at radius 3 is 2.49 bits per heavy atom. The predicted molar refractivity (Wildman–Crippen MR) is 140 cm³/mol. The van der Waals surface area contributed by atoms with Gasteiger partial charge in [0.1, 0.15) is 11.5 Å². The zero-order chi connectivity index (χ0) is 24.4. The summed E-state index contributed by atoms with van der Waals surface area (Å²) in [5.74, 6) is 2.51. The van der Waals surface area contributed by atoms with Crippen LogP contribution in [0.4, 0.5) is 17.5 Å². The third-order valence-electron chi connectivity index (χ3n) is 6.02. The molecule has 180 valence electrons. The molecule has 10 heteroatoms. The molecule has 4 aromatic rings. The van der Waals surface area contributed by atoms with Crippen LogP contribution < -0.4 is 15.1 Å². The van der Waals surface area contributed by atoms with Crippen molar-refractivity contribution >= 4 is 50.8 Å². The number of nitrogens with zero attached hydrogens (tertiary/aromatic N) is 6. The number of aryl methyl sites for hydroxylation is 1. The van der Waals surface area contributed by atoms with E-state index in [-0.39, 0.29) is 0 Å². The summed E-state index contributed by atoms with van der Waals surface area (Å²) in [6.45, 7) is 3.30. The molecule has 1 aliphatic heterocycles. The van der Waals surface area contributed by atoms with E-state index in [4.69, 9.17) is 9.72 Å². The molecule has 1 aliphatic rings. The Labute approximate surface area is 212 Å². The quantitative estimate of drug-likeness (QED) is 0.351. The maximum atomic E-state index is 11.9. The highest BCUT2D eigenvalue weighted by atomic mass is 79.9. The number of anilines is 3. The average molecular weight is 536 g/mol. The number of fused-ring (bicyclic) bond motifs is 1. The van der Waals surface area contributed by atoms with E-state index in [2.05, 4.69) is 38.2 Å². The van der Waals surface area contributed by atoms with Gasteiger partial charge in [-0.1, -0.05) is 15.9 Å². The topological polar surface area (TPSA) is 78.8 Å². The van der Waals surface area contributed by atoms with Crippen LogP contribution in [0.15, 0.2) is 65.3 Å². The highest BCUT2D eigenvalue weighted by Gasteiger charge is 2.22. The van der Waals surface area contributed by atoms with Gasteiger partial charge in [0.2, 0.25) is 12.4 Å². The van der Waals surface area contributed by atoms with Gasteiger partial charge in [-0.2, -0.15) is 0 Å². The third kappa shape index (κ3) is 5.14. The van der Waals surface area contributed by atoms with E-state index >= 15 is 0 Å². The molecule has 0 unspecified atom stereocenters. The monoisotopic (exact) mass is 535 g/mol. The van der Waals surface area contributed by atoms with Gasteiger partial charge in [-0.05, 0) is 49.5 Å². The van der Waals surface area contributed by atoms with Gasteiger partial charge in [0.05, 0.1) is 11.0 Å². The number of hydrogen-bond acceptors (Lipinski definition) is 7. The number of carbonyl (C=O) groups is 1. The van der Waals surface area contributed by atoms with Gasteiger partial charge in [0, 0.05) is 61.7 Å². The number of aromatic nitrogens is 3. The van der Waals surface area contributed by atoms with Crippen LogP contribution in [0.2, 0.25) is 0 Å². The Kier molecular flexibility index (Phi) is 6.67. The van der Waals surface area contributed by atoms with Crippen LogP contribution in [0.5, 0.6) is 11.5 Å². The highest BCUT2D eigenvalue weighted by molar-refractivity contribution is 9.10. The van der Waals surface area contributed by atoms with Crippen LogP contribution in [0.1, 0.15) is 0 Å². The van der Waals surface area contributed by atoms with Gasteiger partial charge < -0.3 is 19.5 Å². The van der Waals surface area contributed by atoms with Gasteiger partial charge in [0.25, 0.3) is 0 Å². The summed E-state index contributed by atoms with van der Waals surface area (Å²) < 4.78 is 9.15. The Hall–Kier alpha value is -3.47. The second-order valence-electron chi connectivity index (χ2n) is 8.44. The number of benzene rings is 2. The van der Waals surface area contributed by atoms with E-state index in [0.717, 1.165) is 59.7 Å². The van der Waals surface area contributed by atoms with Gasteiger partial charge in [-0.15, -0.1) is 0 Å². The molecule has 0 spiro atoms. The van der Waals surface area contributed by atoms with Crippen molar-refractivity contribution in [2.24, 2.45) is 7.05 Å². The molecule has 9 nitrogen and oxygen atoms in total. The Bertz CT molecular complexity index is 1330. The first-order chi connectivity index (χ1) is 17.0. The largest absolute Gasteiger partial charge is 0.457 e. The van der Waals surface area contributed by atoms with Crippen LogP contribution in [-0.4, -0.2) is 64.1 Å². The van der Waals surface area contributed by atoms with E-state index in [1.54, 1.807) is 23.3 Å². The van der Waals surface area contributed by atoms with Crippen LogP contribution in [0.25, 0.3) is 11.0 Å². The molecule has 3 heterocycles. The molecule has 5 rings (SSSR count). The smallest absolute Gasteiger partial charge is 0.230 e. The summed E-state index contributed by atoms with van der Waals surface area (Å²) in [7, 11) is 4.05. The molecule has 1 saturated heterocycles. The minimum atomic E-state index is 0.530. The zero-order valence-electron chi connectivity index (χ0n) is 19.6. The fourth-order valence-electron chi connectivity index (χ4n) is 4.02. The van der Waals surface area contributed by atoms with E-state index in [9.17, 15) is 4.79 Å². The lowest BCUT2D eigenvalue weighted by Crippen LogP contribution is -2.52. The number of amides is 1. The molecule has 1 amide bonds. The molecular formula is C25H26BrN7O2. The maximum absolute atomic E-state index is 11.9. The molecule has 0 saturated carbocycles. The van der Waals surface area contributed by atoms with Crippen LogP contribution in [-0.2, 0) is 11.8 Å². The summed E-state index contributed by atoms with van der Waals surface area (Å²) in [6, 6.07) is 17.3. The third-order valence-corrected chi connectivity index (χ3v) is 6.55. The van der Waals surface area contributed by atoms with Gasteiger partial charge >= 0.3 is 0 Å². The molecule has 2 aromatic heterocycles. The molecule has 0 aliphatic carbocycles. The van der Waals surface area contributed by atoms with Crippen LogP contribution in [0.3, 0.4) is 0 Å². The SMILES string of the molecule is CN1CCN(N(C=O)c2cc(Oc3ccc4c(c3)nc(Nc3ccc(Br)cc3)n4C)ccn2)CC1. The molecule has 1 fully saturated rings. The van der Waals surface area contributed by atoms with Crippen molar-refractivity contribution in [3.8, 4) is 11.5 Å². The number of rotatable bonds is 7. The first-order valence-corrected chi connectivity index (χ1v) is 12.1. The molecule has 0 radical (unpaired) electrons. The lowest BCUT2D eigenvalue weighted by molar-refractivity contribution is -0.110. The summed E-state index contributed by atoms with van der Waals surface area (Å²) in [6.07, 6.45) is 2.45. The summed E-state index contributed by atoms with van der Waals surface area (Å²) in [5.41, 5.74) is 2.74. The number of halogens is 1. The fourth-order valence-corrected chi connectivity index (χ4v) is 4.28. The van der Waals surface area contributed by atoms with Crippen molar-refractivity contribution < 1.29 is 9.53 Å². The number of ether oxygens (including phenoxy) is 1. The molecule has 1 N–H and O–H groups in total. The van der Waals surface area contributed by atoms with Gasteiger partial charge in [-0.3, -0.25) is 4.79 Å². The number of nitrogens with one attached hydrogen (secondary N) is 1. The number of likely N-dealkylation sites (N-methyl/N-ethyl adjacent to an activating group) is 1. The van der Waals surface area contributed by atoms with E-state index in [1.807, 2.05) is 59.1 Å². The minimum absolute atomic E-state index is 0.530. The number of pyridine rings is 1. The average Bonchev–Trinajstić information content (AvgIpc) is 3.17. The lowest BCUT2D eigenvalue weighted by atomic mass is 10.3. The fraction of sp³-hybridized carbons (Fsp3) is 0.240. The minimum Gasteiger partial charge on any atom is -0.457 e. The maximum Gasteiger partial charge on any atom is 0.230 e. The molecule has 0 atom stereocenters. The van der Waals surface area contributed by atoms with Crippen molar-refractivity contribution in [2.75, 3.05) is 43.6 Å². The molecular weight excluding hydrogens is 510 g/mol. The van der Waals surface area contributed by atoms with Crippen molar-refractivity contribution in [1.82, 2.24) is 24.4 Å². The number of carbonyl (C=O) groups excluding carboxylic acids is 1. The Morgan fingerprint density at radius 1 is 1.00 bits per heavy atom. The lowest BCUT2D eigenvalue weighted by Gasteiger charge is -2.37. The standard InChI is InChI=1S/C25H26BrN7O2/c1-30-11-13-32(14-12-30)33(17-34)24-16-21(9-10-27-24)35-20-7-8-23-22(15-20)29-25(31(23)2)28-19-5-3-18(26)4-6-19/h3-10,15-17H,11-14H2,1-2H3,(H,28,29). The second-order valence-corrected chi connectivity index (χ2v) is 9.35. The number of hydrogen-bond donors (Lipinski definition) is 1. The molecule has 2 aromatic carbocycles. The summed E-state index contributed by atoms with van der Waals surface area (Å²) in [5, 5.41) is 6.91. The van der Waals surface area contributed by atoms with Crippen molar-refractivity contribution in [3.63, 3.8) is 0 Å². The van der Waals surface area contributed by atoms with Crippen molar-refractivity contribution in [3.05, 3.63) is 65.3 Å². The number of imidazole rings is 1. The van der Waals surface area contributed by atoms with E-state index in [0.29, 0.717) is 17.3 Å². The number of piperazine rings is 1. The Balaban J connectivity index is 1.35. The summed E-state index contributed by atoms with van der Waals surface area (Å²) in [4.78, 5) is 23.2. The molecule has 0 bridgehead atoms. The van der Waals surface area contributed by atoms with Gasteiger partial charge in [-0.25, -0.2) is 20.0 Å². The van der Waals surface area contributed by atoms with E-state index in [1.165, 1.54) is 0 Å². The van der Waals surface area contributed by atoms with Gasteiger partial charge in [0.15, 0.2) is 5.82 Å². The first kappa shape index (κ1) is 23.3. The van der Waals surface area contributed by atoms with Crippen LogP contribution >= 0.6 is 15.9 Å². The zero-order valence-corrected chi connectivity index (χ0v) is 21.1. The Morgan fingerprint density at radius 2 is 1.74 bits per heavy atom. The van der Waals surface area contributed by atoms with Crippen molar-refractivity contribution in [2.45, 2.75) is 0 Å². The molecule has 35 heavy (non-hydrogen) atoms. The highest BCUT2D eigenvalue weighted by Crippen LogP contribution is 2.29. The second kappa shape index (κ2) is 10.0. The normalized spacial score (nSPS) is 14.7. The van der Waals surface area contributed by atoms with Crippen molar-refractivity contribution in [1.29, 1.82) is 0 Å². The van der Waals surface area contributed by atoms with Crippen LogP contribution in [0, 0.1) is 0 Å². The predicted octanol–water partition coefficient (Wildman–Crippen LogP) is 4.39. The first-order valence-electron chi connectivity index (χ1n) is 11.3. The number of hydrazine groups is 1. The summed E-state index contributed by atoms with van der Waals surface area (Å²) >= 11 is 3.46. The van der Waals surface area contributed by atoms with E-state index < -0.39 is 0 Å².